The number of carbonyl (C=O) groups is 2. The average Bonchev–Trinajstić information content (AvgIpc) is 3.35. The maximum absolute atomic E-state index is 13.3. The molecule has 4 rings (SSSR count). The van der Waals surface area contributed by atoms with Gasteiger partial charge in [-0.25, -0.2) is 0 Å². The van der Waals surface area contributed by atoms with Gasteiger partial charge in [-0.15, -0.1) is 22.7 Å². The molecule has 7 heteroatoms. The largest absolute Gasteiger partial charge is 0.495 e. The van der Waals surface area contributed by atoms with Gasteiger partial charge < -0.3 is 15.4 Å². The molecule has 2 amide bonds. The number of amides is 2. The molecule has 0 spiro atoms. The summed E-state index contributed by atoms with van der Waals surface area (Å²) in [6, 6.07) is 10.9. The van der Waals surface area contributed by atoms with Crippen molar-refractivity contribution in [1.82, 2.24) is 0 Å². The fourth-order valence-electron chi connectivity index (χ4n) is 3.58. The van der Waals surface area contributed by atoms with Crippen LogP contribution < -0.4 is 15.4 Å². The van der Waals surface area contributed by atoms with Crippen LogP contribution in [0, 0.1) is 5.92 Å². The van der Waals surface area contributed by atoms with Crippen LogP contribution in [0.3, 0.4) is 0 Å². The highest BCUT2D eigenvalue weighted by molar-refractivity contribution is 7.17. The fourth-order valence-corrected chi connectivity index (χ4v) is 5.61. The van der Waals surface area contributed by atoms with E-state index in [9.17, 15) is 9.59 Å². The molecule has 0 saturated heterocycles. The molecule has 0 aliphatic heterocycles. The van der Waals surface area contributed by atoms with Crippen LogP contribution in [0.15, 0.2) is 41.8 Å². The van der Waals surface area contributed by atoms with Crippen molar-refractivity contribution in [3.05, 3.63) is 62.7 Å². The Bertz CT molecular complexity index is 1040. The van der Waals surface area contributed by atoms with Gasteiger partial charge in [0.05, 0.1) is 23.2 Å². The van der Waals surface area contributed by atoms with Gasteiger partial charge in [0.25, 0.3) is 11.8 Å². The van der Waals surface area contributed by atoms with E-state index in [1.807, 2.05) is 29.6 Å². The highest BCUT2D eigenvalue weighted by atomic mass is 32.1. The van der Waals surface area contributed by atoms with E-state index in [0.717, 1.165) is 24.8 Å². The van der Waals surface area contributed by atoms with E-state index >= 15 is 0 Å². The molecule has 0 radical (unpaired) electrons. The number of thiophene rings is 2. The molecule has 2 aromatic heterocycles. The van der Waals surface area contributed by atoms with E-state index in [0.29, 0.717) is 32.8 Å². The lowest BCUT2D eigenvalue weighted by molar-refractivity contribution is 0.102. The van der Waals surface area contributed by atoms with Gasteiger partial charge in [-0.1, -0.05) is 25.1 Å². The molecule has 1 aromatic carbocycles. The minimum Gasteiger partial charge on any atom is -0.495 e. The summed E-state index contributed by atoms with van der Waals surface area (Å²) in [6.45, 7) is 2.22. The molecule has 1 atom stereocenters. The average molecular weight is 427 g/mol. The van der Waals surface area contributed by atoms with Gasteiger partial charge in [0, 0.05) is 4.88 Å². The Morgan fingerprint density at radius 1 is 1.10 bits per heavy atom. The lowest BCUT2D eigenvalue weighted by atomic mass is 9.88. The first kappa shape index (κ1) is 19.7. The molecule has 0 saturated carbocycles. The van der Waals surface area contributed by atoms with Crippen molar-refractivity contribution in [2.75, 3.05) is 17.7 Å². The van der Waals surface area contributed by atoms with Crippen molar-refractivity contribution < 1.29 is 14.3 Å². The van der Waals surface area contributed by atoms with Crippen LogP contribution in [0.25, 0.3) is 0 Å². The summed E-state index contributed by atoms with van der Waals surface area (Å²) >= 11 is 2.90. The molecule has 0 unspecified atom stereocenters. The van der Waals surface area contributed by atoms with E-state index < -0.39 is 0 Å². The van der Waals surface area contributed by atoms with Crippen LogP contribution in [0.1, 0.15) is 43.8 Å². The zero-order valence-corrected chi connectivity index (χ0v) is 17.9. The number of rotatable bonds is 5. The molecule has 1 aliphatic rings. The summed E-state index contributed by atoms with van der Waals surface area (Å²) in [5.74, 6) is 0.774. The Labute approximate surface area is 177 Å². The number of ether oxygens (including phenoxy) is 1. The van der Waals surface area contributed by atoms with Gasteiger partial charge in [0.2, 0.25) is 0 Å². The normalized spacial score (nSPS) is 15.4. The number of benzene rings is 1. The first-order chi connectivity index (χ1) is 14.1. The maximum atomic E-state index is 13.3. The minimum absolute atomic E-state index is 0.182. The number of fused-ring (bicyclic) bond motifs is 1. The summed E-state index contributed by atoms with van der Waals surface area (Å²) < 4.78 is 5.35. The van der Waals surface area contributed by atoms with Gasteiger partial charge in [-0.3, -0.25) is 9.59 Å². The molecule has 5 nitrogen and oxygen atoms in total. The standard InChI is InChI=1S/C22H22N2O3S2/c1-13-9-10-14-18(12-13)29-22(24-20(25)17-8-5-11-28-17)19(14)21(26)23-15-6-3-4-7-16(15)27-2/h3-8,11,13H,9-10,12H2,1-2H3,(H,23,26)(H,24,25)/t13-/m0/s1. The molecule has 3 aromatic rings. The summed E-state index contributed by atoms with van der Waals surface area (Å²) in [5.41, 5.74) is 2.24. The molecule has 2 heterocycles. The SMILES string of the molecule is COc1ccccc1NC(=O)c1c(NC(=O)c2cccs2)sc2c1CC[C@H](C)C2. The van der Waals surface area contributed by atoms with Crippen LogP contribution in [0.5, 0.6) is 5.75 Å². The van der Waals surface area contributed by atoms with Gasteiger partial charge in [-0.2, -0.15) is 0 Å². The van der Waals surface area contributed by atoms with Crippen molar-refractivity contribution in [1.29, 1.82) is 0 Å². The summed E-state index contributed by atoms with van der Waals surface area (Å²) in [5, 5.41) is 8.43. The van der Waals surface area contributed by atoms with Crippen molar-refractivity contribution in [3.8, 4) is 5.75 Å². The number of nitrogens with one attached hydrogen (secondary N) is 2. The van der Waals surface area contributed by atoms with Crippen LogP contribution >= 0.6 is 22.7 Å². The molecular formula is C22H22N2O3S2. The van der Waals surface area contributed by atoms with Gasteiger partial charge in [-0.05, 0) is 54.3 Å². The molecular weight excluding hydrogens is 404 g/mol. The second-order valence-corrected chi connectivity index (χ2v) is 9.19. The van der Waals surface area contributed by atoms with Gasteiger partial charge >= 0.3 is 0 Å². The number of anilines is 2. The molecule has 150 valence electrons. The molecule has 2 N–H and O–H groups in total. The zero-order valence-electron chi connectivity index (χ0n) is 16.3. The van der Waals surface area contributed by atoms with Crippen molar-refractivity contribution in [2.24, 2.45) is 5.92 Å². The summed E-state index contributed by atoms with van der Waals surface area (Å²) in [4.78, 5) is 27.7. The van der Waals surface area contributed by atoms with E-state index in [1.54, 1.807) is 19.2 Å². The van der Waals surface area contributed by atoms with Crippen LogP contribution in [-0.4, -0.2) is 18.9 Å². The lowest BCUT2D eigenvalue weighted by Crippen LogP contribution is -2.19. The van der Waals surface area contributed by atoms with Crippen LogP contribution in [0.2, 0.25) is 0 Å². The van der Waals surface area contributed by atoms with Crippen molar-refractivity contribution >= 4 is 45.2 Å². The van der Waals surface area contributed by atoms with E-state index in [2.05, 4.69) is 17.6 Å². The van der Waals surface area contributed by atoms with Crippen molar-refractivity contribution in [3.63, 3.8) is 0 Å². The monoisotopic (exact) mass is 426 g/mol. The first-order valence-electron chi connectivity index (χ1n) is 9.50. The number of para-hydroxylation sites is 2. The minimum atomic E-state index is -0.219. The van der Waals surface area contributed by atoms with Gasteiger partial charge in [0.15, 0.2) is 0 Å². The Kier molecular flexibility index (Phi) is 5.69. The topological polar surface area (TPSA) is 67.4 Å². The highest BCUT2D eigenvalue weighted by Gasteiger charge is 2.29. The van der Waals surface area contributed by atoms with Crippen LogP contribution in [0.4, 0.5) is 10.7 Å². The lowest BCUT2D eigenvalue weighted by Gasteiger charge is -2.19. The molecule has 29 heavy (non-hydrogen) atoms. The van der Waals surface area contributed by atoms with Crippen molar-refractivity contribution in [2.45, 2.75) is 26.2 Å². The number of methoxy groups -OCH3 is 1. The smallest absolute Gasteiger partial charge is 0.266 e. The predicted octanol–water partition coefficient (Wildman–Crippen LogP) is 5.45. The van der Waals surface area contributed by atoms with Gasteiger partial charge in [0.1, 0.15) is 10.8 Å². The van der Waals surface area contributed by atoms with E-state index in [-0.39, 0.29) is 11.8 Å². The molecule has 0 bridgehead atoms. The first-order valence-corrected chi connectivity index (χ1v) is 11.2. The number of hydrogen-bond acceptors (Lipinski definition) is 5. The third-order valence-electron chi connectivity index (χ3n) is 5.07. The fraction of sp³-hybridized carbons (Fsp3) is 0.273. The second-order valence-electron chi connectivity index (χ2n) is 7.14. The molecule has 0 fully saturated rings. The molecule has 1 aliphatic carbocycles. The third-order valence-corrected chi connectivity index (χ3v) is 7.10. The zero-order chi connectivity index (χ0) is 20.4. The Morgan fingerprint density at radius 2 is 1.93 bits per heavy atom. The van der Waals surface area contributed by atoms with Crippen LogP contribution in [-0.2, 0) is 12.8 Å². The van der Waals surface area contributed by atoms with E-state index in [4.69, 9.17) is 4.74 Å². The number of carbonyl (C=O) groups excluding carboxylic acids is 2. The quantitative estimate of drug-likeness (QED) is 0.570. The number of hydrogen-bond donors (Lipinski definition) is 2. The maximum Gasteiger partial charge on any atom is 0.266 e. The Hall–Kier alpha value is -2.64. The Balaban J connectivity index is 1.68. The predicted molar refractivity (Wildman–Crippen MR) is 119 cm³/mol. The summed E-state index contributed by atoms with van der Waals surface area (Å²) in [6.07, 6.45) is 2.82. The third kappa shape index (κ3) is 4.06. The second kappa shape index (κ2) is 8.39. The summed E-state index contributed by atoms with van der Waals surface area (Å²) in [7, 11) is 1.57. The Morgan fingerprint density at radius 3 is 2.69 bits per heavy atom. The van der Waals surface area contributed by atoms with E-state index in [1.165, 1.54) is 27.6 Å². The highest BCUT2D eigenvalue weighted by Crippen LogP contribution is 2.40.